The fourth-order valence-electron chi connectivity index (χ4n) is 1.39. The van der Waals surface area contributed by atoms with Crippen molar-refractivity contribution in [3.05, 3.63) is 35.6 Å². The zero-order valence-corrected chi connectivity index (χ0v) is 8.54. The smallest absolute Gasteiger partial charge is 0.252 e. The van der Waals surface area contributed by atoms with E-state index in [1.165, 1.54) is 12.1 Å². The Bertz CT molecular complexity index is 452. The fourth-order valence-corrected chi connectivity index (χ4v) is 1.39. The Morgan fingerprint density at radius 1 is 1.40 bits per heavy atom. The Hall–Kier alpha value is -1.71. The summed E-state index contributed by atoms with van der Waals surface area (Å²) in [5.41, 5.74) is -0.171. The molecule has 0 spiro atoms. The van der Waals surface area contributed by atoms with Crippen molar-refractivity contribution in [3.8, 4) is 0 Å². The molecule has 1 aromatic carbocycles. The first kappa shape index (κ1) is 9.83. The summed E-state index contributed by atoms with van der Waals surface area (Å²) in [7, 11) is 0. The summed E-state index contributed by atoms with van der Waals surface area (Å²) >= 11 is 0. The molecule has 15 heavy (non-hydrogen) atoms. The Balaban J connectivity index is 2.39. The highest BCUT2D eigenvalue weighted by atomic mass is 19.1. The second kappa shape index (κ2) is 3.15. The molecule has 0 bridgehead atoms. The maximum absolute atomic E-state index is 12.9. The van der Waals surface area contributed by atoms with E-state index in [4.69, 9.17) is 0 Å². The van der Waals surface area contributed by atoms with Crippen LogP contribution in [0.1, 0.15) is 19.4 Å². The van der Waals surface area contributed by atoms with E-state index in [2.05, 4.69) is 10.3 Å². The monoisotopic (exact) mass is 206 g/mol. The molecule has 1 amide bonds. The minimum Gasteiger partial charge on any atom is -0.308 e. The number of hydrogen-bond donors (Lipinski definition) is 1. The molecule has 0 unspecified atom stereocenters. The van der Waals surface area contributed by atoms with Gasteiger partial charge < -0.3 is 5.32 Å². The minimum atomic E-state index is -0.762. The fraction of sp³-hybridized carbons (Fsp3) is 0.273. The van der Waals surface area contributed by atoms with Gasteiger partial charge in [0.1, 0.15) is 17.2 Å². The van der Waals surface area contributed by atoms with Gasteiger partial charge in [0.2, 0.25) is 0 Å². The Morgan fingerprint density at radius 3 is 2.67 bits per heavy atom. The molecule has 0 atom stereocenters. The summed E-state index contributed by atoms with van der Waals surface area (Å²) in [6.07, 6.45) is 0. The van der Waals surface area contributed by atoms with Crippen molar-refractivity contribution >= 4 is 11.7 Å². The van der Waals surface area contributed by atoms with Crippen LogP contribution in [0.25, 0.3) is 0 Å². The molecule has 1 aromatic rings. The lowest BCUT2D eigenvalue weighted by atomic mass is 10.1. The normalized spacial score (nSPS) is 18.6. The number of nitrogens with zero attached hydrogens (tertiary/aromatic N) is 1. The van der Waals surface area contributed by atoms with Gasteiger partial charge in [0.15, 0.2) is 0 Å². The molecular formula is C11H11FN2O. The standard InChI is InChI=1S/C11H11FN2O/c1-11(2)10(15)13-9(14-11)7-4-3-5-8(12)6-7/h3-6H,1-2H3,(H,13,14,15). The Labute approximate surface area is 87.0 Å². The van der Waals surface area contributed by atoms with Gasteiger partial charge >= 0.3 is 0 Å². The van der Waals surface area contributed by atoms with E-state index < -0.39 is 5.54 Å². The van der Waals surface area contributed by atoms with Crippen LogP contribution in [0.4, 0.5) is 4.39 Å². The quantitative estimate of drug-likeness (QED) is 0.743. The van der Waals surface area contributed by atoms with Crippen molar-refractivity contribution in [2.24, 2.45) is 4.99 Å². The maximum atomic E-state index is 12.9. The largest absolute Gasteiger partial charge is 0.308 e. The van der Waals surface area contributed by atoms with Crippen LogP contribution in [-0.2, 0) is 4.79 Å². The number of amides is 1. The van der Waals surface area contributed by atoms with Crippen LogP contribution in [0.3, 0.4) is 0 Å². The molecule has 0 radical (unpaired) electrons. The van der Waals surface area contributed by atoms with Gasteiger partial charge in [-0.25, -0.2) is 4.39 Å². The summed E-state index contributed by atoms with van der Waals surface area (Å²) in [5.74, 6) is -0.0691. The average molecular weight is 206 g/mol. The highest BCUT2D eigenvalue weighted by molar-refractivity contribution is 6.14. The second-order valence-corrected chi connectivity index (χ2v) is 3.98. The van der Waals surface area contributed by atoms with Crippen molar-refractivity contribution in [1.82, 2.24) is 5.32 Å². The van der Waals surface area contributed by atoms with E-state index in [-0.39, 0.29) is 11.7 Å². The molecule has 2 rings (SSSR count). The predicted molar refractivity (Wildman–Crippen MR) is 55.2 cm³/mol. The number of rotatable bonds is 1. The molecule has 0 aromatic heterocycles. The van der Waals surface area contributed by atoms with Gasteiger partial charge in [-0.05, 0) is 26.0 Å². The van der Waals surface area contributed by atoms with Gasteiger partial charge in [-0.2, -0.15) is 0 Å². The number of nitrogens with one attached hydrogen (secondary N) is 1. The minimum absolute atomic E-state index is 0.165. The lowest BCUT2D eigenvalue weighted by molar-refractivity contribution is -0.122. The van der Waals surface area contributed by atoms with E-state index in [1.807, 2.05) is 0 Å². The van der Waals surface area contributed by atoms with Crippen LogP contribution < -0.4 is 5.32 Å². The third-order valence-corrected chi connectivity index (χ3v) is 2.28. The highest BCUT2D eigenvalue weighted by Gasteiger charge is 2.34. The highest BCUT2D eigenvalue weighted by Crippen LogP contribution is 2.17. The molecule has 1 N–H and O–H groups in total. The van der Waals surface area contributed by atoms with Crippen molar-refractivity contribution in [3.63, 3.8) is 0 Å². The third kappa shape index (κ3) is 1.75. The summed E-state index contributed by atoms with van der Waals surface area (Å²) < 4.78 is 12.9. The Morgan fingerprint density at radius 2 is 2.13 bits per heavy atom. The third-order valence-electron chi connectivity index (χ3n) is 2.28. The average Bonchev–Trinajstić information content (AvgIpc) is 2.42. The van der Waals surface area contributed by atoms with Crippen LogP contribution in [0.15, 0.2) is 29.3 Å². The first-order chi connectivity index (χ1) is 6.99. The zero-order valence-electron chi connectivity index (χ0n) is 8.54. The molecular weight excluding hydrogens is 195 g/mol. The lowest BCUT2D eigenvalue weighted by Gasteiger charge is -2.07. The predicted octanol–water partition coefficient (Wildman–Crippen LogP) is 1.48. The van der Waals surface area contributed by atoms with Crippen molar-refractivity contribution in [2.75, 3.05) is 0 Å². The van der Waals surface area contributed by atoms with Crippen LogP contribution in [0.2, 0.25) is 0 Å². The van der Waals surface area contributed by atoms with Gasteiger partial charge in [0, 0.05) is 5.56 Å². The molecule has 0 saturated heterocycles. The van der Waals surface area contributed by atoms with Gasteiger partial charge in [0.05, 0.1) is 0 Å². The van der Waals surface area contributed by atoms with Gasteiger partial charge in [-0.1, -0.05) is 12.1 Å². The second-order valence-electron chi connectivity index (χ2n) is 3.98. The van der Waals surface area contributed by atoms with E-state index in [1.54, 1.807) is 26.0 Å². The van der Waals surface area contributed by atoms with Crippen LogP contribution in [-0.4, -0.2) is 17.3 Å². The summed E-state index contributed by atoms with van der Waals surface area (Å²) in [5, 5.41) is 2.63. The first-order valence-corrected chi connectivity index (χ1v) is 4.66. The van der Waals surface area contributed by atoms with E-state index in [0.29, 0.717) is 11.4 Å². The van der Waals surface area contributed by atoms with Crippen LogP contribution in [0, 0.1) is 5.82 Å². The SMILES string of the molecule is CC1(C)N=C(c2cccc(F)c2)NC1=O. The van der Waals surface area contributed by atoms with Crippen molar-refractivity contribution < 1.29 is 9.18 Å². The molecule has 1 aliphatic heterocycles. The molecule has 0 saturated carbocycles. The molecule has 1 heterocycles. The van der Waals surface area contributed by atoms with Gasteiger partial charge in [-0.3, -0.25) is 9.79 Å². The molecule has 0 aliphatic carbocycles. The number of hydrogen-bond acceptors (Lipinski definition) is 2. The first-order valence-electron chi connectivity index (χ1n) is 4.66. The molecule has 3 nitrogen and oxygen atoms in total. The van der Waals surface area contributed by atoms with Crippen molar-refractivity contribution in [2.45, 2.75) is 19.4 Å². The van der Waals surface area contributed by atoms with Crippen LogP contribution >= 0.6 is 0 Å². The molecule has 4 heteroatoms. The summed E-state index contributed by atoms with van der Waals surface area (Å²) in [6, 6.07) is 6.00. The number of benzene rings is 1. The molecule has 1 aliphatic rings. The number of aliphatic imine (C=N–C) groups is 1. The number of carbonyl (C=O) groups excluding carboxylic acids is 1. The summed E-state index contributed by atoms with van der Waals surface area (Å²) in [4.78, 5) is 15.6. The molecule has 0 fully saturated rings. The van der Waals surface area contributed by atoms with Gasteiger partial charge in [-0.15, -0.1) is 0 Å². The lowest BCUT2D eigenvalue weighted by Crippen LogP contribution is -2.34. The van der Waals surface area contributed by atoms with Crippen molar-refractivity contribution in [1.29, 1.82) is 0 Å². The number of carbonyl (C=O) groups is 1. The van der Waals surface area contributed by atoms with E-state index in [0.717, 1.165) is 0 Å². The topological polar surface area (TPSA) is 41.5 Å². The maximum Gasteiger partial charge on any atom is 0.252 e. The van der Waals surface area contributed by atoms with Gasteiger partial charge in [0.25, 0.3) is 5.91 Å². The molecule has 78 valence electrons. The van der Waals surface area contributed by atoms with Crippen LogP contribution in [0.5, 0.6) is 0 Å². The number of amidine groups is 1. The summed E-state index contributed by atoms with van der Waals surface area (Å²) in [6.45, 7) is 3.43. The van der Waals surface area contributed by atoms with E-state index in [9.17, 15) is 9.18 Å². The zero-order chi connectivity index (χ0) is 11.1. The number of halogens is 1. The Kier molecular flexibility index (Phi) is 2.07. The van der Waals surface area contributed by atoms with E-state index >= 15 is 0 Å².